The van der Waals surface area contributed by atoms with Crippen LogP contribution in [0.5, 0.6) is 0 Å². The highest BCUT2D eigenvalue weighted by molar-refractivity contribution is 4.92. The summed E-state index contributed by atoms with van der Waals surface area (Å²) in [6, 6.07) is 2.38. The maximum atomic E-state index is 8.98. The van der Waals surface area contributed by atoms with Gasteiger partial charge in [-0.3, -0.25) is 0 Å². The van der Waals surface area contributed by atoms with Crippen molar-refractivity contribution in [1.29, 1.82) is 5.26 Å². The summed E-state index contributed by atoms with van der Waals surface area (Å²) >= 11 is 0. The van der Waals surface area contributed by atoms with Crippen molar-refractivity contribution >= 4 is 0 Å². The minimum absolute atomic E-state index is 0.161. The maximum absolute atomic E-state index is 8.98. The van der Waals surface area contributed by atoms with Crippen LogP contribution in [0, 0.1) is 22.2 Å². The van der Waals surface area contributed by atoms with Crippen LogP contribution in [-0.2, 0) is 0 Å². The topological polar surface area (TPSA) is 27.0 Å². The monoisotopic (exact) mass is 222 g/mol. The van der Waals surface area contributed by atoms with Gasteiger partial charge in [0, 0.05) is 0 Å². The first-order chi connectivity index (χ1) is 7.41. The van der Waals surface area contributed by atoms with Crippen molar-refractivity contribution in [1.82, 2.24) is 4.90 Å². The number of likely N-dealkylation sites (tertiary alicyclic amines) is 1. The number of hydrogen-bond acceptors (Lipinski definition) is 2. The Hall–Kier alpha value is -0.550. The van der Waals surface area contributed by atoms with Crippen molar-refractivity contribution in [2.45, 2.75) is 53.4 Å². The molecule has 0 aromatic carbocycles. The van der Waals surface area contributed by atoms with Crippen molar-refractivity contribution in [3.63, 3.8) is 0 Å². The van der Waals surface area contributed by atoms with Gasteiger partial charge in [0.2, 0.25) is 0 Å². The lowest BCUT2D eigenvalue weighted by molar-refractivity contribution is 0.108. The molecule has 0 amide bonds. The third-order valence-electron chi connectivity index (χ3n) is 4.27. The predicted octanol–water partition coefficient (Wildman–Crippen LogP) is 3.44. The first kappa shape index (κ1) is 13.5. The Morgan fingerprint density at radius 3 is 2.31 bits per heavy atom. The van der Waals surface area contributed by atoms with Crippen LogP contribution in [0.3, 0.4) is 0 Å². The Bertz CT molecular complexity index is 254. The van der Waals surface area contributed by atoms with E-state index >= 15 is 0 Å². The summed E-state index contributed by atoms with van der Waals surface area (Å²) < 4.78 is 0. The van der Waals surface area contributed by atoms with Crippen LogP contribution in [-0.4, -0.2) is 24.5 Å². The molecule has 0 unspecified atom stereocenters. The normalized spacial score (nSPS) is 21.7. The molecule has 1 aliphatic heterocycles. The van der Waals surface area contributed by atoms with Crippen LogP contribution in [0.2, 0.25) is 0 Å². The Balaban J connectivity index is 2.31. The lowest BCUT2D eigenvalue weighted by Crippen LogP contribution is -2.39. The Morgan fingerprint density at radius 1 is 1.31 bits per heavy atom. The summed E-state index contributed by atoms with van der Waals surface area (Å²) in [6.45, 7) is 12.3. The molecule has 0 aliphatic carbocycles. The fourth-order valence-electron chi connectivity index (χ4n) is 2.16. The number of hydrogen-bond donors (Lipinski definition) is 0. The van der Waals surface area contributed by atoms with Gasteiger partial charge in [-0.1, -0.05) is 20.3 Å². The van der Waals surface area contributed by atoms with E-state index in [1.165, 1.54) is 32.4 Å². The molecular formula is C14H26N2. The molecule has 0 aromatic rings. The molecule has 0 aromatic heterocycles. The van der Waals surface area contributed by atoms with Crippen LogP contribution < -0.4 is 0 Å². The van der Waals surface area contributed by atoms with Crippen LogP contribution in [0.1, 0.15) is 53.4 Å². The maximum Gasteiger partial charge on any atom is 0.0684 e. The first-order valence-corrected chi connectivity index (χ1v) is 6.54. The molecule has 1 rings (SSSR count). The van der Waals surface area contributed by atoms with Gasteiger partial charge in [-0.25, -0.2) is 0 Å². The molecular weight excluding hydrogens is 196 g/mol. The third-order valence-corrected chi connectivity index (χ3v) is 4.27. The molecule has 1 fully saturated rings. The number of nitrogens with zero attached hydrogens (tertiary/aromatic N) is 2. The molecule has 0 radical (unpaired) electrons. The Morgan fingerprint density at radius 2 is 1.88 bits per heavy atom. The fourth-order valence-corrected chi connectivity index (χ4v) is 2.16. The molecule has 2 heteroatoms. The molecule has 0 atom stereocenters. The van der Waals surface area contributed by atoms with Crippen molar-refractivity contribution < 1.29 is 0 Å². The number of piperidine rings is 1. The summed E-state index contributed by atoms with van der Waals surface area (Å²) in [6.07, 6.45) is 4.92. The molecule has 1 saturated heterocycles. The van der Waals surface area contributed by atoms with E-state index in [4.69, 9.17) is 5.26 Å². The molecule has 0 saturated carbocycles. The van der Waals surface area contributed by atoms with E-state index in [0.717, 1.165) is 13.0 Å². The van der Waals surface area contributed by atoms with E-state index in [-0.39, 0.29) is 5.41 Å². The minimum Gasteiger partial charge on any atom is -0.303 e. The zero-order valence-corrected chi connectivity index (χ0v) is 11.3. The SMILES string of the molecule is CCC1(C)CCN(CCC(C)(C)C#N)CC1. The van der Waals surface area contributed by atoms with E-state index in [2.05, 4.69) is 24.8 Å². The van der Waals surface area contributed by atoms with Crippen molar-refractivity contribution in [2.24, 2.45) is 10.8 Å². The van der Waals surface area contributed by atoms with Gasteiger partial charge in [-0.2, -0.15) is 5.26 Å². The quantitative estimate of drug-likeness (QED) is 0.728. The van der Waals surface area contributed by atoms with Crippen LogP contribution in [0.25, 0.3) is 0 Å². The van der Waals surface area contributed by atoms with Crippen molar-refractivity contribution in [3.05, 3.63) is 0 Å². The van der Waals surface area contributed by atoms with Crippen molar-refractivity contribution in [2.75, 3.05) is 19.6 Å². The van der Waals surface area contributed by atoms with Gasteiger partial charge in [0.1, 0.15) is 0 Å². The second-order valence-corrected chi connectivity index (χ2v) is 6.25. The van der Waals surface area contributed by atoms with Crippen molar-refractivity contribution in [3.8, 4) is 6.07 Å². The van der Waals surface area contributed by atoms with Gasteiger partial charge in [0.05, 0.1) is 11.5 Å². The smallest absolute Gasteiger partial charge is 0.0684 e. The second-order valence-electron chi connectivity index (χ2n) is 6.25. The summed E-state index contributed by atoms with van der Waals surface area (Å²) in [5, 5.41) is 8.98. The Kier molecular flexibility index (Phi) is 4.38. The predicted molar refractivity (Wildman–Crippen MR) is 68.1 cm³/mol. The molecule has 92 valence electrons. The third kappa shape index (κ3) is 3.79. The summed E-state index contributed by atoms with van der Waals surface area (Å²) in [7, 11) is 0. The molecule has 0 bridgehead atoms. The average Bonchev–Trinajstić information content (AvgIpc) is 2.29. The van der Waals surface area contributed by atoms with Crippen LogP contribution in [0.15, 0.2) is 0 Å². The summed E-state index contributed by atoms with van der Waals surface area (Å²) in [5.41, 5.74) is 0.409. The van der Waals surface area contributed by atoms with Gasteiger partial charge >= 0.3 is 0 Å². The van der Waals surface area contributed by atoms with E-state index in [1.54, 1.807) is 0 Å². The van der Waals surface area contributed by atoms with E-state index in [1.807, 2.05) is 13.8 Å². The molecule has 0 N–H and O–H groups in total. The standard InChI is InChI=1S/C14H26N2/c1-5-14(4)7-10-16(11-8-14)9-6-13(2,3)12-15/h5-11H2,1-4H3. The lowest BCUT2D eigenvalue weighted by atomic mass is 9.78. The van der Waals surface area contributed by atoms with Gasteiger partial charge in [0.15, 0.2) is 0 Å². The fraction of sp³-hybridized carbons (Fsp3) is 0.929. The van der Waals surface area contributed by atoms with Gasteiger partial charge < -0.3 is 4.90 Å². The second kappa shape index (κ2) is 5.19. The highest BCUT2D eigenvalue weighted by Gasteiger charge is 2.28. The average molecular weight is 222 g/mol. The van der Waals surface area contributed by atoms with Gasteiger partial charge in [-0.05, 0) is 58.2 Å². The minimum atomic E-state index is -0.161. The van der Waals surface area contributed by atoms with Gasteiger partial charge in [0.25, 0.3) is 0 Å². The van der Waals surface area contributed by atoms with Crippen LogP contribution >= 0.6 is 0 Å². The molecule has 2 nitrogen and oxygen atoms in total. The molecule has 16 heavy (non-hydrogen) atoms. The van der Waals surface area contributed by atoms with Crippen LogP contribution in [0.4, 0.5) is 0 Å². The molecule has 1 aliphatic rings. The molecule has 0 spiro atoms. The number of nitriles is 1. The first-order valence-electron chi connectivity index (χ1n) is 6.54. The van der Waals surface area contributed by atoms with Gasteiger partial charge in [-0.15, -0.1) is 0 Å². The van der Waals surface area contributed by atoms with E-state index < -0.39 is 0 Å². The molecule has 1 heterocycles. The zero-order valence-electron chi connectivity index (χ0n) is 11.3. The Labute approximate surface area is 101 Å². The zero-order chi connectivity index (χ0) is 12.2. The lowest BCUT2D eigenvalue weighted by Gasteiger charge is -2.39. The summed E-state index contributed by atoms with van der Waals surface area (Å²) in [5.74, 6) is 0. The highest BCUT2D eigenvalue weighted by Crippen LogP contribution is 2.34. The highest BCUT2D eigenvalue weighted by atomic mass is 15.1. The van der Waals surface area contributed by atoms with E-state index in [9.17, 15) is 0 Å². The number of rotatable bonds is 4. The summed E-state index contributed by atoms with van der Waals surface area (Å²) in [4.78, 5) is 2.52. The largest absolute Gasteiger partial charge is 0.303 e. The van der Waals surface area contributed by atoms with E-state index in [0.29, 0.717) is 5.41 Å².